The lowest BCUT2D eigenvalue weighted by molar-refractivity contribution is -0.121. The number of imide groups is 1. The van der Waals surface area contributed by atoms with Crippen LogP contribution in [0.25, 0.3) is 0 Å². The Balaban J connectivity index is 1.65. The van der Waals surface area contributed by atoms with Crippen molar-refractivity contribution >= 4 is 39.1 Å². The number of carbonyl (C=O) groups excluding carboxylic acids is 2. The monoisotopic (exact) mass is 370 g/mol. The number of rotatable bonds is 2. The van der Waals surface area contributed by atoms with E-state index in [0.717, 1.165) is 23.1 Å². The number of amides is 2. The van der Waals surface area contributed by atoms with Crippen molar-refractivity contribution in [2.45, 2.75) is 18.9 Å². The Morgan fingerprint density at radius 1 is 1.00 bits per heavy atom. The van der Waals surface area contributed by atoms with E-state index < -0.39 is 6.04 Å². The molecule has 2 aromatic rings. The zero-order valence-electron chi connectivity index (χ0n) is 12.4. The lowest BCUT2D eigenvalue weighted by atomic mass is 10.1. The Hall–Kier alpha value is -2.14. The summed E-state index contributed by atoms with van der Waals surface area (Å²) in [6.07, 6.45) is 1.16. The molecule has 0 aliphatic carbocycles. The highest BCUT2D eigenvalue weighted by Gasteiger charge is 2.44. The second-order valence-corrected chi connectivity index (χ2v) is 6.75. The minimum absolute atomic E-state index is 0.131. The molecule has 0 bridgehead atoms. The van der Waals surface area contributed by atoms with Crippen molar-refractivity contribution in [1.29, 1.82) is 0 Å². The maximum absolute atomic E-state index is 12.8. The van der Waals surface area contributed by atoms with E-state index in [4.69, 9.17) is 0 Å². The third-order valence-corrected chi connectivity index (χ3v) is 5.04. The summed E-state index contributed by atoms with van der Waals surface area (Å²) < 4.78 is 0.922. The molecule has 0 N–H and O–H groups in total. The minimum atomic E-state index is -0.394. The first-order valence-corrected chi connectivity index (χ1v) is 8.41. The Morgan fingerprint density at radius 3 is 2.52 bits per heavy atom. The first-order valence-electron chi connectivity index (χ1n) is 7.62. The van der Waals surface area contributed by atoms with E-state index in [1.54, 1.807) is 12.1 Å². The van der Waals surface area contributed by atoms with Gasteiger partial charge in [-0.15, -0.1) is 0 Å². The topological polar surface area (TPSA) is 40.6 Å². The molecule has 4 nitrogen and oxygen atoms in total. The summed E-state index contributed by atoms with van der Waals surface area (Å²) in [5, 5.41) is 0. The quantitative estimate of drug-likeness (QED) is 0.762. The number of benzene rings is 2. The number of anilines is 2. The third-order valence-electron chi connectivity index (χ3n) is 4.51. The summed E-state index contributed by atoms with van der Waals surface area (Å²) in [5.74, 6) is -0.263. The number of hydrogen-bond acceptors (Lipinski definition) is 3. The molecule has 0 radical (unpaired) electrons. The molecule has 2 aliphatic heterocycles. The van der Waals surface area contributed by atoms with Gasteiger partial charge in [0, 0.05) is 16.7 Å². The predicted octanol–water partition coefficient (Wildman–Crippen LogP) is 3.14. The standard InChI is InChI=1S/C18H15BrN2O2/c19-13-5-7-14(8-6-13)21-17(22)11-16(18(21)23)20-10-9-12-3-1-2-4-15(12)20/h1-8,16H,9-11H2/t16-/m1/s1. The average Bonchev–Trinajstić information content (AvgIpc) is 3.10. The fourth-order valence-corrected chi connectivity index (χ4v) is 3.67. The van der Waals surface area contributed by atoms with Crippen molar-refractivity contribution in [1.82, 2.24) is 0 Å². The molecule has 0 spiro atoms. The van der Waals surface area contributed by atoms with Gasteiger partial charge in [0.15, 0.2) is 0 Å². The highest BCUT2D eigenvalue weighted by Crippen LogP contribution is 2.34. The van der Waals surface area contributed by atoms with Crippen LogP contribution in [0, 0.1) is 0 Å². The van der Waals surface area contributed by atoms with Crippen molar-refractivity contribution in [2.24, 2.45) is 0 Å². The lowest BCUT2D eigenvalue weighted by Gasteiger charge is -2.25. The van der Waals surface area contributed by atoms with Crippen molar-refractivity contribution in [3.8, 4) is 0 Å². The first-order chi connectivity index (χ1) is 11.1. The fraction of sp³-hybridized carbons (Fsp3) is 0.222. The predicted molar refractivity (Wildman–Crippen MR) is 92.5 cm³/mol. The van der Waals surface area contributed by atoms with Gasteiger partial charge in [-0.05, 0) is 42.3 Å². The highest BCUT2D eigenvalue weighted by molar-refractivity contribution is 9.10. The molecule has 4 rings (SSSR count). The second-order valence-electron chi connectivity index (χ2n) is 5.84. The molecule has 0 saturated carbocycles. The van der Waals surface area contributed by atoms with Crippen LogP contribution in [0.3, 0.4) is 0 Å². The van der Waals surface area contributed by atoms with Crippen LogP contribution in [-0.4, -0.2) is 24.4 Å². The van der Waals surface area contributed by atoms with Gasteiger partial charge in [-0.1, -0.05) is 34.1 Å². The van der Waals surface area contributed by atoms with E-state index in [0.29, 0.717) is 5.69 Å². The number of halogens is 1. The van der Waals surface area contributed by atoms with E-state index in [1.807, 2.05) is 30.3 Å². The van der Waals surface area contributed by atoms with E-state index in [2.05, 4.69) is 26.9 Å². The maximum Gasteiger partial charge on any atom is 0.256 e. The molecule has 5 heteroatoms. The zero-order chi connectivity index (χ0) is 16.0. The van der Waals surface area contributed by atoms with Crippen molar-refractivity contribution in [3.05, 3.63) is 58.6 Å². The molecular weight excluding hydrogens is 356 g/mol. The summed E-state index contributed by atoms with van der Waals surface area (Å²) in [7, 11) is 0. The number of hydrogen-bond donors (Lipinski definition) is 0. The van der Waals surface area contributed by atoms with Crippen LogP contribution in [0.2, 0.25) is 0 Å². The van der Waals surface area contributed by atoms with Crippen LogP contribution in [0.4, 0.5) is 11.4 Å². The van der Waals surface area contributed by atoms with Crippen LogP contribution in [0.1, 0.15) is 12.0 Å². The molecular formula is C18H15BrN2O2. The molecule has 1 fully saturated rings. The Kier molecular flexibility index (Phi) is 3.45. The smallest absolute Gasteiger partial charge is 0.256 e. The molecule has 0 unspecified atom stereocenters. The van der Waals surface area contributed by atoms with Crippen LogP contribution in [0.15, 0.2) is 53.0 Å². The van der Waals surface area contributed by atoms with Gasteiger partial charge in [-0.2, -0.15) is 0 Å². The van der Waals surface area contributed by atoms with Gasteiger partial charge in [0.2, 0.25) is 5.91 Å². The molecule has 23 heavy (non-hydrogen) atoms. The molecule has 2 heterocycles. The van der Waals surface area contributed by atoms with Crippen LogP contribution in [0.5, 0.6) is 0 Å². The third kappa shape index (κ3) is 2.36. The van der Waals surface area contributed by atoms with Crippen molar-refractivity contribution < 1.29 is 9.59 Å². The molecule has 0 aromatic heterocycles. The summed E-state index contributed by atoms with van der Waals surface area (Å²) in [6.45, 7) is 0.789. The Labute approximate surface area is 142 Å². The van der Waals surface area contributed by atoms with Gasteiger partial charge in [0.25, 0.3) is 5.91 Å². The van der Waals surface area contributed by atoms with Crippen LogP contribution < -0.4 is 9.80 Å². The van der Waals surface area contributed by atoms with E-state index in [9.17, 15) is 9.59 Å². The summed E-state index contributed by atoms with van der Waals surface area (Å²) in [4.78, 5) is 28.7. The van der Waals surface area contributed by atoms with Gasteiger partial charge >= 0.3 is 0 Å². The summed E-state index contributed by atoms with van der Waals surface area (Å²) >= 11 is 3.37. The van der Waals surface area contributed by atoms with Gasteiger partial charge in [-0.3, -0.25) is 9.59 Å². The van der Waals surface area contributed by atoms with Gasteiger partial charge in [0.1, 0.15) is 6.04 Å². The zero-order valence-corrected chi connectivity index (χ0v) is 14.0. The van der Waals surface area contributed by atoms with Crippen LogP contribution >= 0.6 is 15.9 Å². The first kappa shape index (κ1) is 14.5. The number of para-hydroxylation sites is 1. The number of nitrogens with zero attached hydrogens (tertiary/aromatic N) is 2. The minimum Gasteiger partial charge on any atom is -0.359 e. The largest absolute Gasteiger partial charge is 0.359 e. The maximum atomic E-state index is 12.8. The second kappa shape index (κ2) is 5.49. The summed E-state index contributed by atoms with van der Waals surface area (Å²) in [5.41, 5.74) is 2.96. The number of fused-ring (bicyclic) bond motifs is 1. The van der Waals surface area contributed by atoms with Crippen molar-refractivity contribution in [3.63, 3.8) is 0 Å². The molecule has 116 valence electrons. The van der Waals surface area contributed by atoms with Gasteiger partial charge < -0.3 is 4.90 Å². The Bertz CT molecular complexity index is 788. The van der Waals surface area contributed by atoms with E-state index in [-0.39, 0.29) is 18.2 Å². The SMILES string of the molecule is O=C1C[C@@H](N2CCc3ccccc32)C(=O)N1c1ccc(Br)cc1. The molecule has 1 saturated heterocycles. The molecule has 2 aromatic carbocycles. The highest BCUT2D eigenvalue weighted by atomic mass is 79.9. The van der Waals surface area contributed by atoms with Gasteiger partial charge in [-0.25, -0.2) is 4.90 Å². The number of carbonyl (C=O) groups is 2. The molecule has 1 atom stereocenters. The van der Waals surface area contributed by atoms with Gasteiger partial charge in [0.05, 0.1) is 12.1 Å². The van der Waals surface area contributed by atoms with Crippen LogP contribution in [-0.2, 0) is 16.0 Å². The summed E-state index contributed by atoms with van der Waals surface area (Å²) in [6, 6.07) is 15.0. The molecule has 2 amide bonds. The molecule has 2 aliphatic rings. The van der Waals surface area contributed by atoms with Crippen molar-refractivity contribution in [2.75, 3.05) is 16.3 Å². The lowest BCUT2D eigenvalue weighted by Crippen LogP contribution is -2.41. The normalized spacial score (nSPS) is 20.3. The Morgan fingerprint density at radius 2 is 1.74 bits per heavy atom. The van der Waals surface area contributed by atoms with E-state index in [1.165, 1.54) is 10.5 Å². The fourth-order valence-electron chi connectivity index (χ4n) is 3.41. The van der Waals surface area contributed by atoms with E-state index >= 15 is 0 Å². The average molecular weight is 371 g/mol.